The van der Waals surface area contributed by atoms with Gasteiger partial charge in [0.25, 0.3) is 0 Å². The van der Waals surface area contributed by atoms with Crippen molar-refractivity contribution in [1.82, 2.24) is 15.3 Å². The van der Waals surface area contributed by atoms with Crippen molar-refractivity contribution in [1.29, 1.82) is 0 Å². The van der Waals surface area contributed by atoms with Crippen LogP contribution in [0.5, 0.6) is 0 Å². The molecule has 0 spiro atoms. The second-order valence-electron chi connectivity index (χ2n) is 4.18. The van der Waals surface area contributed by atoms with Crippen molar-refractivity contribution in [2.45, 2.75) is 39.7 Å². The molecule has 0 saturated carbocycles. The lowest BCUT2D eigenvalue weighted by molar-refractivity contribution is 0.674. The van der Waals surface area contributed by atoms with Crippen molar-refractivity contribution < 1.29 is 0 Å². The predicted molar refractivity (Wildman–Crippen MR) is 79.2 cm³/mol. The van der Waals surface area contributed by atoms with E-state index in [9.17, 15) is 0 Å². The van der Waals surface area contributed by atoms with Gasteiger partial charge in [-0.1, -0.05) is 20.3 Å². The van der Waals surface area contributed by atoms with Gasteiger partial charge in [0.15, 0.2) is 0 Å². The van der Waals surface area contributed by atoms with Crippen molar-refractivity contribution in [3.63, 3.8) is 0 Å². The molecule has 0 aliphatic heterocycles. The van der Waals surface area contributed by atoms with Gasteiger partial charge in [-0.05, 0) is 19.4 Å². The standard InChI is InChI=1S/C13H19N3S2/c1-3-5-10-11(7-14-6-4-2)18-13(16-10)12-8-15-9-17-12/h8-9,14H,3-7H2,1-2H3. The molecule has 3 nitrogen and oxygen atoms in total. The highest BCUT2D eigenvalue weighted by atomic mass is 32.1. The number of nitrogens with one attached hydrogen (secondary N) is 1. The molecule has 18 heavy (non-hydrogen) atoms. The maximum absolute atomic E-state index is 4.77. The molecule has 0 amide bonds. The van der Waals surface area contributed by atoms with Crippen LogP contribution in [0.2, 0.25) is 0 Å². The third-order valence-corrected chi connectivity index (χ3v) is 4.66. The van der Waals surface area contributed by atoms with Gasteiger partial charge in [-0.25, -0.2) is 4.98 Å². The van der Waals surface area contributed by atoms with Crippen molar-refractivity contribution in [3.05, 3.63) is 22.3 Å². The van der Waals surface area contributed by atoms with E-state index in [1.807, 2.05) is 11.7 Å². The molecular formula is C13H19N3S2. The predicted octanol–water partition coefficient (Wildman–Crippen LogP) is 3.72. The van der Waals surface area contributed by atoms with Crippen molar-refractivity contribution >= 4 is 22.7 Å². The number of nitrogens with zero attached hydrogens (tertiary/aromatic N) is 2. The Labute approximate surface area is 116 Å². The lowest BCUT2D eigenvalue weighted by Crippen LogP contribution is -2.13. The van der Waals surface area contributed by atoms with Crippen LogP contribution in [0.4, 0.5) is 0 Å². The monoisotopic (exact) mass is 281 g/mol. The Bertz CT molecular complexity index is 463. The van der Waals surface area contributed by atoms with Gasteiger partial charge in [0, 0.05) is 17.6 Å². The van der Waals surface area contributed by atoms with Gasteiger partial charge in [0.1, 0.15) is 5.01 Å². The summed E-state index contributed by atoms with van der Waals surface area (Å²) in [6.07, 6.45) is 5.29. The molecule has 2 aromatic rings. The van der Waals surface area contributed by atoms with Crippen molar-refractivity contribution in [2.75, 3.05) is 6.54 Å². The molecule has 0 atom stereocenters. The number of hydrogen-bond acceptors (Lipinski definition) is 5. The lowest BCUT2D eigenvalue weighted by Gasteiger charge is -2.02. The average molecular weight is 281 g/mol. The summed E-state index contributed by atoms with van der Waals surface area (Å²) in [5.74, 6) is 0. The zero-order chi connectivity index (χ0) is 12.8. The molecule has 1 N–H and O–H groups in total. The van der Waals surface area contributed by atoms with E-state index in [0.717, 1.165) is 30.9 Å². The van der Waals surface area contributed by atoms with Crippen molar-refractivity contribution in [2.24, 2.45) is 0 Å². The van der Waals surface area contributed by atoms with E-state index >= 15 is 0 Å². The fraction of sp³-hybridized carbons (Fsp3) is 0.538. The molecule has 0 saturated heterocycles. The molecule has 2 rings (SSSR count). The van der Waals surface area contributed by atoms with Crippen LogP contribution < -0.4 is 5.32 Å². The number of rotatable bonds is 7. The van der Waals surface area contributed by atoms with Gasteiger partial charge in [-0.2, -0.15) is 0 Å². The Kier molecular flexibility index (Phi) is 5.28. The highest BCUT2D eigenvalue weighted by Crippen LogP contribution is 2.31. The minimum absolute atomic E-state index is 0.944. The SMILES string of the molecule is CCCNCc1sc(-c2cncs2)nc1CCC. The third-order valence-electron chi connectivity index (χ3n) is 2.62. The Morgan fingerprint density at radius 1 is 1.28 bits per heavy atom. The first-order valence-electron chi connectivity index (χ1n) is 6.43. The minimum atomic E-state index is 0.944. The Morgan fingerprint density at radius 3 is 2.83 bits per heavy atom. The molecule has 98 valence electrons. The summed E-state index contributed by atoms with van der Waals surface area (Å²) in [4.78, 5) is 11.5. The van der Waals surface area contributed by atoms with Crippen LogP contribution in [-0.4, -0.2) is 16.5 Å². The minimum Gasteiger partial charge on any atom is -0.312 e. The third kappa shape index (κ3) is 3.37. The van der Waals surface area contributed by atoms with Crippen LogP contribution in [-0.2, 0) is 13.0 Å². The van der Waals surface area contributed by atoms with E-state index in [2.05, 4.69) is 24.1 Å². The molecule has 5 heteroatoms. The normalized spacial score (nSPS) is 11.0. The number of thiazole rings is 2. The summed E-state index contributed by atoms with van der Waals surface area (Å²) in [6.45, 7) is 6.41. The smallest absolute Gasteiger partial charge is 0.135 e. The van der Waals surface area contributed by atoms with Crippen LogP contribution in [0.1, 0.15) is 37.3 Å². The highest BCUT2D eigenvalue weighted by molar-refractivity contribution is 7.20. The molecule has 0 aromatic carbocycles. The van der Waals surface area contributed by atoms with Gasteiger partial charge in [0.2, 0.25) is 0 Å². The summed E-state index contributed by atoms with van der Waals surface area (Å²) in [5, 5.41) is 4.59. The summed E-state index contributed by atoms with van der Waals surface area (Å²) in [6, 6.07) is 0. The van der Waals surface area contributed by atoms with Gasteiger partial charge in [-0.3, -0.25) is 4.98 Å². The van der Waals surface area contributed by atoms with Gasteiger partial charge in [-0.15, -0.1) is 22.7 Å². The second-order valence-corrected chi connectivity index (χ2v) is 6.15. The zero-order valence-electron chi connectivity index (χ0n) is 10.9. The highest BCUT2D eigenvalue weighted by Gasteiger charge is 2.12. The molecule has 0 radical (unpaired) electrons. The fourth-order valence-corrected chi connectivity index (χ4v) is 3.51. The largest absolute Gasteiger partial charge is 0.312 e. The van der Waals surface area contributed by atoms with E-state index in [4.69, 9.17) is 4.98 Å². The first-order valence-corrected chi connectivity index (χ1v) is 8.12. The van der Waals surface area contributed by atoms with Gasteiger partial charge in [0.05, 0.1) is 16.1 Å². The van der Waals surface area contributed by atoms with Crippen LogP contribution in [0, 0.1) is 0 Å². The Hall–Kier alpha value is -0.780. The summed E-state index contributed by atoms with van der Waals surface area (Å²) >= 11 is 3.47. The van der Waals surface area contributed by atoms with E-state index in [1.54, 1.807) is 22.7 Å². The maximum Gasteiger partial charge on any atom is 0.135 e. The average Bonchev–Trinajstić information content (AvgIpc) is 2.99. The number of hydrogen-bond donors (Lipinski definition) is 1. The Morgan fingerprint density at radius 2 is 2.17 bits per heavy atom. The molecule has 0 unspecified atom stereocenters. The number of aryl methyl sites for hydroxylation is 1. The maximum atomic E-state index is 4.77. The summed E-state index contributed by atoms with van der Waals surface area (Å²) < 4.78 is 0. The van der Waals surface area contributed by atoms with Gasteiger partial charge < -0.3 is 5.32 Å². The van der Waals surface area contributed by atoms with Crippen molar-refractivity contribution in [3.8, 4) is 9.88 Å². The van der Waals surface area contributed by atoms with E-state index in [1.165, 1.54) is 21.9 Å². The molecule has 0 bridgehead atoms. The van der Waals surface area contributed by atoms with Crippen LogP contribution in [0.3, 0.4) is 0 Å². The topological polar surface area (TPSA) is 37.8 Å². The summed E-state index contributed by atoms with van der Waals surface area (Å²) in [5.41, 5.74) is 3.13. The van der Waals surface area contributed by atoms with E-state index in [-0.39, 0.29) is 0 Å². The van der Waals surface area contributed by atoms with Crippen LogP contribution in [0.15, 0.2) is 11.7 Å². The first-order chi connectivity index (χ1) is 8.85. The molecule has 2 aromatic heterocycles. The fourth-order valence-electron chi connectivity index (χ4n) is 1.76. The molecule has 0 aliphatic rings. The lowest BCUT2D eigenvalue weighted by atomic mass is 10.2. The molecule has 0 aliphatic carbocycles. The molecule has 2 heterocycles. The van der Waals surface area contributed by atoms with E-state index < -0.39 is 0 Å². The quantitative estimate of drug-likeness (QED) is 0.786. The molecule has 0 fully saturated rings. The molecular weight excluding hydrogens is 262 g/mol. The zero-order valence-corrected chi connectivity index (χ0v) is 12.5. The summed E-state index contributed by atoms with van der Waals surface area (Å²) in [7, 11) is 0. The Balaban J connectivity index is 2.15. The second kappa shape index (κ2) is 6.97. The number of aromatic nitrogens is 2. The van der Waals surface area contributed by atoms with E-state index in [0.29, 0.717) is 0 Å². The van der Waals surface area contributed by atoms with Gasteiger partial charge >= 0.3 is 0 Å². The van der Waals surface area contributed by atoms with Crippen LogP contribution in [0.25, 0.3) is 9.88 Å². The van der Waals surface area contributed by atoms with Crippen LogP contribution >= 0.6 is 22.7 Å². The first kappa shape index (κ1) is 13.6.